The summed E-state index contributed by atoms with van der Waals surface area (Å²) in [6, 6.07) is 0. The third-order valence-electron chi connectivity index (χ3n) is 3.79. The van der Waals surface area contributed by atoms with Crippen LogP contribution in [-0.2, 0) is 11.2 Å². The fraction of sp³-hybridized carbons (Fsp3) is 0.750. The predicted molar refractivity (Wildman–Crippen MR) is 87.0 cm³/mol. The van der Waals surface area contributed by atoms with Crippen molar-refractivity contribution in [3.05, 3.63) is 11.4 Å². The molecule has 2 rings (SSSR count). The molecule has 1 atom stereocenters. The summed E-state index contributed by atoms with van der Waals surface area (Å²) in [6.07, 6.45) is 4.21. The molecule has 5 heteroatoms. The monoisotopic (exact) mass is 292 g/mol. The Morgan fingerprint density at radius 2 is 1.90 bits per heavy atom. The number of anilines is 2. The van der Waals surface area contributed by atoms with Crippen LogP contribution in [0.3, 0.4) is 0 Å². The molecule has 0 aromatic carbocycles. The minimum atomic E-state index is 0.598. The highest BCUT2D eigenvalue weighted by atomic mass is 16.5. The molecule has 2 heterocycles. The van der Waals surface area contributed by atoms with Crippen molar-refractivity contribution in [3.63, 3.8) is 0 Å². The van der Waals surface area contributed by atoms with Crippen LogP contribution in [0, 0.1) is 12.8 Å². The minimum absolute atomic E-state index is 0.598. The van der Waals surface area contributed by atoms with E-state index in [1.165, 1.54) is 0 Å². The lowest BCUT2D eigenvalue weighted by molar-refractivity contribution is 0.187. The number of nitrogens with one attached hydrogen (secondary N) is 2. The van der Waals surface area contributed by atoms with Gasteiger partial charge in [-0.15, -0.1) is 0 Å². The lowest BCUT2D eigenvalue weighted by Gasteiger charge is -2.16. The van der Waals surface area contributed by atoms with Gasteiger partial charge >= 0.3 is 0 Å². The van der Waals surface area contributed by atoms with Crippen molar-refractivity contribution in [1.82, 2.24) is 9.97 Å². The lowest BCUT2D eigenvalue weighted by Crippen LogP contribution is -2.17. The fourth-order valence-electron chi connectivity index (χ4n) is 2.47. The van der Waals surface area contributed by atoms with Gasteiger partial charge in [-0.2, -0.15) is 0 Å². The van der Waals surface area contributed by atoms with Crippen LogP contribution >= 0.6 is 0 Å². The van der Waals surface area contributed by atoms with Crippen molar-refractivity contribution in [2.45, 2.75) is 46.5 Å². The predicted octanol–water partition coefficient (Wildman–Crippen LogP) is 3.01. The first-order valence-electron chi connectivity index (χ1n) is 8.17. The van der Waals surface area contributed by atoms with Gasteiger partial charge in [0.1, 0.15) is 17.5 Å². The van der Waals surface area contributed by atoms with Crippen molar-refractivity contribution in [3.8, 4) is 0 Å². The Balaban J connectivity index is 2.10. The van der Waals surface area contributed by atoms with Gasteiger partial charge in [0.05, 0.1) is 6.61 Å². The standard InChI is InChI=1S/C16H28N4O/c1-4-6-14-19-15(17-8-5-2)12(3)16(20-14)18-10-13-7-9-21-11-13/h13H,4-11H2,1-3H3,(H2,17,18,19,20). The van der Waals surface area contributed by atoms with E-state index in [0.717, 1.165) is 75.0 Å². The number of aromatic nitrogens is 2. The molecule has 1 fully saturated rings. The number of rotatable bonds is 8. The van der Waals surface area contributed by atoms with Crippen LogP contribution in [0.1, 0.15) is 44.5 Å². The molecule has 0 aliphatic carbocycles. The summed E-state index contributed by atoms with van der Waals surface area (Å²) in [5.41, 5.74) is 1.11. The summed E-state index contributed by atoms with van der Waals surface area (Å²) >= 11 is 0. The van der Waals surface area contributed by atoms with Gasteiger partial charge in [0.15, 0.2) is 0 Å². The van der Waals surface area contributed by atoms with Crippen molar-refractivity contribution in [2.75, 3.05) is 36.9 Å². The molecule has 118 valence electrons. The van der Waals surface area contributed by atoms with Gasteiger partial charge in [0.2, 0.25) is 0 Å². The lowest BCUT2D eigenvalue weighted by atomic mass is 10.1. The van der Waals surface area contributed by atoms with E-state index in [-0.39, 0.29) is 0 Å². The molecule has 1 unspecified atom stereocenters. The zero-order valence-corrected chi connectivity index (χ0v) is 13.5. The van der Waals surface area contributed by atoms with Gasteiger partial charge in [-0.25, -0.2) is 9.97 Å². The van der Waals surface area contributed by atoms with Crippen LogP contribution in [0.5, 0.6) is 0 Å². The number of hydrogen-bond acceptors (Lipinski definition) is 5. The van der Waals surface area contributed by atoms with Gasteiger partial charge in [-0.05, 0) is 26.2 Å². The SMILES string of the molecule is CCCNc1nc(CCC)nc(NCC2CCOC2)c1C. The van der Waals surface area contributed by atoms with E-state index in [1.54, 1.807) is 0 Å². The van der Waals surface area contributed by atoms with E-state index in [9.17, 15) is 0 Å². The maximum atomic E-state index is 5.43. The van der Waals surface area contributed by atoms with Crippen molar-refractivity contribution >= 4 is 11.6 Å². The number of hydrogen-bond donors (Lipinski definition) is 2. The van der Waals surface area contributed by atoms with E-state index < -0.39 is 0 Å². The van der Waals surface area contributed by atoms with Crippen LogP contribution in [0.15, 0.2) is 0 Å². The van der Waals surface area contributed by atoms with Crippen LogP contribution in [-0.4, -0.2) is 36.3 Å². The Kier molecular flexibility index (Phi) is 6.23. The highest BCUT2D eigenvalue weighted by molar-refractivity contribution is 5.57. The second kappa shape index (κ2) is 8.17. The molecule has 1 aromatic heterocycles. The van der Waals surface area contributed by atoms with E-state index in [2.05, 4.69) is 41.4 Å². The molecule has 2 N–H and O–H groups in total. The van der Waals surface area contributed by atoms with Gasteiger partial charge in [-0.1, -0.05) is 13.8 Å². The van der Waals surface area contributed by atoms with Crippen molar-refractivity contribution in [1.29, 1.82) is 0 Å². The van der Waals surface area contributed by atoms with Crippen LogP contribution < -0.4 is 10.6 Å². The summed E-state index contributed by atoms with van der Waals surface area (Å²) in [6.45, 7) is 10.0. The summed E-state index contributed by atoms with van der Waals surface area (Å²) in [7, 11) is 0. The number of ether oxygens (including phenoxy) is 1. The molecule has 5 nitrogen and oxygen atoms in total. The maximum Gasteiger partial charge on any atom is 0.134 e. The molecule has 0 spiro atoms. The highest BCUT2D eigenvalue weighted by Crippen LogP contribution is 2.22. The Morgan fingerprint density at radius 1 is 1.14 bits per heavy atom. The number of aryl methyl sites for hydroxylation is 1. The molecule has 0 amide bonds. The summed E-state index contributed by atoms with van der Waals surface area (Å²) in [5.74, 6) is 3.47. The van der Waals surface area contributed by atoms with E-state index in [1.807, 2.05) is 0 Å². The summed E-state index contributed by atoms with van der Waals surface area (Å²) in [4.78, 5) is 9.34. The molecule has 0 bridgehead atoms. The molecule has 21 heavy (non-hydrogen) atoms. The van der Waals surface area contributed by atoms with E-state index in [0.29, 0.717) is 5.92 Å². The molecule has 1 saturated heterocycles. The van der Waals surface area contributed by atoms with Crippen LogP contribution in [0.4, 0.5) is 11.6 Å². The van der Waals surface area contributed by atoms with Crippen LogP contribution in [0.25, 0.3) is 0 Å². The topological polar surface area (TPSA) is 59.1 Å². The Hall–Kier alpha value is -1.36. The third-order valence-corrected chi connectivity index (χ3v) is 3.79. The van der Waals surface area contributed by atoms with Crippen molar-refractivity contribution in [2.24, 2.45) is 5.92 Å². The van der Waals surface area contributed by atoms with Gasteiger partial charge in [-0.3, -0.25) is 0 Å². The quantitative estimate of drug-likeness (QED) is 0.771. The Morgan fingerprint density at radius 3 is 2.52 bits per heavy atom. The minimum Gasteiger partial charge on any atom is -0.381 e. The maximum absolute atomic E-state index is 5.43. The molecule has 1 aromatic rings. The first-order valence-corrected chi connectivity index (χ1v) is 8.17. The van der Waals surface area contributed by atoms with E-state index in [4.69, 9.17) is 4.74 Å². The van der Waals surface area contributed by atoms with E-state index >= 15 is 0 Å². The average Bonchev–Trinajstić information content (AvgIpc) is 2.99. The smallest absolute Gasteiger partial charge is 0.134 e. The van der Waals surface area contributed by atoms with Gasteiger partial charge in [0, 0.05) is 37.6 Å². The first kappa shape index (κ1) is 16.0. The highest BCUT2D eigenvalue weighted by Gasteiger charge is 2.17. The molecule has 0 saturated carbocycles. The fourth-order valence-corrected chi connectivity index (χ4v) is 2.47. The van der Waals surface area contributed by atoms with Crippen molar-refractivity contribution < 1.29 is 4.74 Å². The van der Waals surface area contributed by atoms with Gasteiger partial charge in [0.25, 0.3) is 0 Å². The molecule has 0 radical (unpaired) electrons. The third kappa shape index (κ3) is 4.56. The van der Waals surface area contributed by atoms with Crippen LogP contribution in [0.2, 0.25) is 0 Å². The summed E-state index contributed by atoms with van der Waals surface area (Å²) in [5, 5.41) is 6.91. The normalized spacial score (nSPS) is 18.0. The zero-order chi connectivity index (χ0) is 15.1. The molecule has 1 aliphatic heterocycles. The first-order chi connectivity index (χ1) is 10.2. The largest absolute Gasteiger partial charge is 0.381 e. The number of nitrogens with zero attached hydrogens (tertiary/aromatic N) is 2. The second-order valence-electron chi connectivity index (χ2n) is 5.75. The second-order valence-corrected chi connectivity index (χ2v) is 5.75. The summed E-state index contributed by atoms with van der Waals surface area (Å²) < 4.78 is 5.43. The Bertz CT molecular complexity index is 444. The average molecular weight is 292 g/mol. The molecular formula is C16H28N4O. The van der Waals surface area contributed by atoms with Gasteiger partial charge < -0.3 is 15.4 Å². The molecule has 1 aliphatic rings. The molecular weight excluding hydrogens is 264 g/mol. The Labute approximate surface area is 127 Å². The zero-order valence-electron chi connectivity index (χ0n) is 13.5.